The van der Waals surface area contributed by atoms with Gasteiger partial charge in [0.2, 0.25) is 0 Å². The largest absolute Gasteiger partial charge is 0.481 e. The van der Waals surface area contributed by atoms with E-state index in [1.807, 2.05) is 0 Å². The van der Waals surface area contributed by atoms with Crippen molar-refractivity contribution in [1.82, 2.24) is 5.32 Å². The van der Waals surface area contributed by atoms with Crippen molar-refractivity contribution in [3.8, 4) is 5.75 Å². The Labute approximate surface area is 150 Å². The maximum absolute atomic E-state index is 13.6. The van der Waals surface area contributed by atoms with Crippen LogP contribution in [-0.4, -0.2) is 25.8 Å². The minimum Gasteiger partial charge on any atom is -0.481 e. The lowest BCUT2D eigenvalue weighted by Crippen LogP contribution is -2.43. The molecule has 7 heteroatoms. The number of nitrogens with one attached hydrogen (secondary N) is 1. The van der Waals surface area contributed by atoms with Gasteiger partial charge in [0.25, 0.3) is 0 Å². The molecule has 2 atom stereocenters. The summed E-state index contributed by atoms with van der Waals surface area (Å²) in [4.78, 5) is 0. The minimum atomic E-state index is -0.599. The van der Waals surface area contributed by atoms with Crippen LogP contribution < -0.4 is 10.1 Å². The summed E-state index contributed by atoms with van der Waals surface area (Å²) in [6.45, 7) is 1.82. The summed E-state index contributed by atoms with van der Waals surface area (Å²) in [7, 11) is 0. The second-order valence-electron chi connectivity index (χ2n) is 5.28. The van der Waals surface area contributed by atoms with Crippen molar-refractivity contribution in [2.45, 2.75) is 12.2 Å². The van der Waals surface area contributed by atoms with Gasteiger partial charge in [-0.15, -0.1) is 12.4 Å². The number of hydrogen-bond donors (Lipinski definition) is 1. The van der Waals surface area contributed by atoms with E-state index >= 15 is 0 Å². The van der Waals surface area contributed by atoms with Gasteiger partial charge in [-0.05, 0) is 29.8 Å². The predicted octanol–water partition coefficient (Wildman–Crippen LogP) is 4.15. The molecule has 24 heavy (non-hydrogen) atoms. The van der Waals surface area contributed by atoms with Gasteiger partial charge in [0, 0.05) is 19.2 Å². The first-order valence-electron chi connectivity index (χ1n) is 7.33. The number of ether oxygens (including phenoxy) is 2. The monoisotopic (exact) mass is 375 g/mol. The van der Waals surface area contributed by atoms with Gasteiger partial charge >= 0.3 is 0 Å². The zero-order valence-electron chi connectivity index (χ0n) is 12.7. The zero-order chi connectivity index (χ0) is 16.2. The van der Waals surface area contributed by atoms with Gasteiger partial charge in [-0.2, -0.15) is 0 Å². The van der Waals surface area contributed by atoms with Crippen LogP contribution in [0.3, 0.4) is 0 Å². The molecule has 130 valence electrons. The molecule has 1 aliphatic rings. The molecular weight excluding hydrogens is 359 g/mol. The molecule has 1 saturated heterocycles. The average Bonchev–Trinajstić information content (AvgIpc) is 2.56. The summed E-state index contributed by atoms with van der Waals surface area (Å²) >= 11 is 6.08. The van der Waals surface area contributed by atoms with E-state index in [0.29, 0.717) is 18.7 Å². The van der Waals surface area contributed by atoms with E-state index in [1.165, 1.54) is 30.3 Å². The maximum atomic E-state index is 13.6. The molecule has 0 radical (unpaired) electrons. The average molecular weight is 376 g/mol. The van der Waals surface area contributed by atoms with Gasteiger partial charge in [-0.3, -0.25) is 0 Å². The van der Waals surface area contributed by atoms with Crippen LogP contribution in [0, 0.1) is 11.6 Å². The molecule has 3 rings (SSSR count). The highest BCUT2D eigenvalue weighted by molar-refractivity contribution is 6.32. The first-order valence-corrected chi connectivity index (χ1v) is 7.71. The molecule has 2 aromatic rings. The van der Waals surface area contributed by atoms with Gasteiger partial charge in [0.1, 0.15) is 23.5 Å². The van der Waals surface area contributed by atoms with Crippen molar-refractivity contribution in [3.63, 3.8) is 0 Å². The fourth-order valence-corrected chi connectivity index (χ4v) is 2.69. The Balaban J connectivity index is 0.00000208. The molecule has 0 saturated carbocycles. The topological polar surface area (TPSA) is 30.5 Å². The van der Waals surface area contributed by atoms with Gasteiger partial charge in [-0.25, -0.2) is 8.78 Å². The Kier molecular flexibility index (Phi) is 6.80. The van der Waals surface area contributed by atoms with E-state index in [0.717, 1.165) is 6.54 Å². The lowest BCUT2D eigenvalue weighted by atomic mass is 10.0. The fourth-order valence-electron chi connectivity index (χ4n) is 2.53. The second kappa shape index (κ2) is 8.62. The number of benzene rings is 2. The number of hydrogen-bond acceptors (Lipinski definition) is 3. The first kappa shape index (κ1) is 18.9. The molecule has 1 N–H and O–H groups in total. The van der Waals surface area contributed by atoms with Crippen LogP contribution in [0.5, 0.6) is 5.75 Å². The molecule has 0 amide bonds. The molecule has 2 aromatic carbocycles. The van der Waals surface area contributed by atoms with Crippen molar-refractivity contribution in [1.29, 1.82) is 0 Å². The highest BCUT2D eigenvalue weighted by Gasteiger charge is 2.29. The Morgan fingerprint density at radius 3 is 2.67 bits per heavy atom. The Morgan fingerprint density at radius 1 is 1.17 bits per heavy atom. The van der Waals surface area contributed by atoms with Crippen LogP contribution in [0.1, 0.15) is 11.7 Å². The Hall–Kier alpha value is -1.40. The summed E-state index contributed by atoms with van der Waals surface area (Å²) < 4.78 is 38.7. The van der Waals surface area contributed by atoms with E-state index < -0.39 is 11.9 Å². The van der Waals surface area contributed by atoms with Gasteiger partial charge in [0.05, 0.1) is 11.6 Å². The summed E-state index contributed by atoms with van der Waals surface area (Å²) in [6, 6.07) is 9.99. The summed E-state index contributed by atoms with van der Waals surface area (Å²) in [5.41, 5.74) is 0.610. The van der Waals surface area contributed by atoms with Gasteiger partial charge < -0.3 is 14.8 Å². The molecule has 1 aliphatic heterocycles. The number of rotatable bonds is 4. The standard InChI is InChI=1S/C17H16ClF2NO2.ClH/c18-14-5-4-13(20)9-15(14)23-17(16-10-21-6-7-22-16)11-2-1-3-12(19)8-11;/h1-5,8-9,16-17,21H,6-7,10H2;1H/t16-,17-;/m0./s1. The zero-order valence-corrected chi connectivity index (χ0v) is 14.2. The van der Waals surface area contributed by atoms with E-state index in [4.69, 9.17) is 21.1 Å². The summed E-state index contributed by atoms with van der Waals surface area (Å²) in [5.74, 6) is -0.620. The Bertz CT molecular complexity index is 681. The minimum absolute atomic E-state index is 0. The van der Waals surface area contributed by atoms with Crippen LogP contribution in [0.4, 0.5) is 8.78 Å². The van der Waals surface area contributed by atoms with Crippen LogP contribution in [0.25, 0.3) is 0 Å². The van der Waals surface area contributed by atoms with Crippen molar-refractivity contribution in [3.05, 3.63) is 64.7 Å². The van der Waals surface area contributed by atoms with E-state index in [9.17, 15) is 8.78 Å². The third kappa shape index (κ3) is 4.57. The fraction of sp³-hybridized carbons (Fsp3) is 0.294. The number of morpholine rings is 1. The highest BCUT2D eigenvalue weighted by atomic mass is 35.5. The molecule has 0 aromatic heterocycles. The molecular formula is C17H17Cl2F2NO2. The maximum Gasteiger partial charge on any atom is 0.151 e. The molecule has 1 fully saturated rings. The molecule has 0 unspecified atom stereocenters. The molecule has 3 nitrogen and oxygen atoms in total. The third-order valence-electron chi connectivity index (χ3n) is 3.62. The lowest BCUT2D eigenvalue weighted by Gasteiger charge is -2.31. The SMILES string of the molecule is Cl.Fc1cccc([C@H](Oc2cc(F)ccc2Cl)[C@@H]2CNCCO2)c1. The Morgan fingerprint density at radius 2 is 1.96 bits per heavy atom. The van der Waals surface area contributed by atoms with Crippen molar-refractivity contribution in [2.75, 3.05) is 19.7 Å². The van der Waals surface area contributed by atoms with E-state index in [-0.39, 0.29) is 35.1 Å². The van der Waals surface area contributed by atoms with Crippen molar-refractivity contribution >= 4 is 24.0 Å². The highest BCUT2D eigenvalue weighted by Crippen LogP contribution is 2.32. The normalized spacial score (nSPS) is 18.5. The summed E-state index contributed by atoms with van der Waals surface area (Å²) in [6.07, 6.45) is -0.928. The van der Waals surface area contributed by atoms with Crippen LogP contribution in [0.2, 0.25) is 5.02 Å². The van der Waals surface area contributed by atoms with Gasteiger partial charge in [-0.1, -0.05) is 23.7 Å². The first-order chi connectivity index (χ1) is 11.1. The second-order valence-corrected chi connectivity index (χ2v) is 5.69. The molecule has 0 aliphatic carbocycles. The van der Waals surface area contributed by atoms with Gasteiger partial charge in [0.15, 0.2) is 6.10 Å². The molecule has 1 heterocycles. The van der Waals surface area contributed by atoms with Crippen molar-refractivity contribution < 1.29 is 18.3 Å². The van der Waals surface area contributed by atoms with E-state index in [2.05, 4.69) is 5.32 Å². The predicted molar refractivity (Wildman–Crippen MR) is 91.0 cm³/mol. The van der Waals surface area contributed by atoms with Crippen LogP contribution in [-0.2, 0) is 4.74 Å². The van der Waals surface area contributed by atoms with Crippen molar-refractivity contribution in [2.24, 2.45) is 0 Å². The van der Waals surface area contributed by atoms with Crippen LogP contribution in [0.15, 0.2) is 42.5 Å². The van der Waals surface area contributed by atoms with E-state index in [1.54, 1.807) is 12.1 Å². The summed E-state index contributed by atoms with van der Waals surface area (Å²) in [5, 5.41) is 3.49. The lowest BCUT2D eigenvalue weighted by molar-refractivity contribution is -0.0433. The number of halogens is 4. The quantitative estimate of drug-likeness (QED) is 0.870. The smallest absolute Gasteiger partial charge is 0.151 e. The van der Waals surface area contributed by atoms with Crippen LogP contribution >= 0.6 is 24.0 Å². The third-order valence-corrected chi connectivity index (χ3v) is 3.93. The molecule has 0 bridgehead atoms. The molecule has 0 spiro atoms.